The maximum Gasteiger partial charge on any atom is 0.226 e. The molecule has 2 amide bonds. The highest BCUT2D eigenvalue weighted by molar-refractivity contribution is 7.71. The number of para-hydroxylation sites is 1. The van der Waals surface area contributed by atoms with E-state index in [0.29, 0.717) is 43.9 Å². The number of aromatic nitrogens is 3. The first kappa shape index (κ1) is 21.0. The van der Waals surface area contributed by atoms with Crippen LogP contribution < -0.4 is 10.1 Å². The third-order valence-electron chi connectivity index (χ3n) is 5.09. The lowest BCUT2D eigenvalue weighted by Crippen LogP contribution is -2.46. The summed E-state index contributed by atoms with van der Waals surface area (Å²) >= 11 is 5.08. The zero-order valence-electron chi connectivity index (χ0n) is 16.6. The molecule has 1 aromatic carbocycles. The first-order valence-corrected chi connectivity index (χ1v) is 10.3. The molecule has 1 saturated heterocycles. The number of carbonyl (C=O) groups is 2. The van der Waals surface area contributed by atoms with Crippen LogP contribution in [0.1, 0.15) is 25.1 Å². The van der Waals surface area contributed by atoms with Crippen molar-refractivity contribution in [1.29, 1.82) is 0 Å². The number of benzene rings is 1. The van der Waals surface area contributed by atoms with E-state index in [0.717, 1.165) is 24.4 Å². The van der Waals surface area contributed by atoms with Gasteiger partial charge in [0, 0.05) is 33.1 Å². The Morgan fingerprint density at radius 2 is 2.14 bits per heavy atom. The van der Waals surface area contributed by atoms with Gasteiger partial charge in [-0.05, 0) is 37.2 Å². The van der Waals surface area contributed by atoms with Crippen LogP contribution in [0.2, 0.25) is 0 Å². The van der Waals surface area contributed by atoms with Crippen molar-refractivity contribution in [3.05, 3.63) is 40.9 Å². The van der Waals surface area contributed by atoms with E-state index in [2.05, 4.69) is 15.5 Å². The van der Waals surface area contributed by atoms with E-state index in [9.17, 15) is 9.59 Å². The molecule has 1 fully saturated rings. The Hall–Kier alpha value is -2.68. The largest absolute Gasteiger partial charge is 0.493 e. The molecule has 1 aliphatic rings. The molecule has 2 aromatic rings. The quantitative estimate of drug-likeness (QED) is 0.640. The summed E-state index contributed by atoms with van der Waals surface area (Å²) in [5.41, 5.74) is 0. The highest BCUT2D eigenvalue weighted by Gasteiger charge is 2.28. The minimum atomic E-state index is -0.176. The van der Waals surface area contributed by atoms with Gasteiger partial charge in [0.2, 0.25) is 11.8 Å². The molecular weight excluding hydrogens is 390 g/mol. The molecule has 0 aliphatic carbocycles. The van der Waals surface area contributed by atoms with E-state index in [1.54, 1.807) is 9.47 Å². The number of nitrogens with one attached hydrogen (secondary N) is 2. The molecule has 2 N–H and O–H groups in total. The van der Waals surface area contributed by atoms with Gasteiger partial charge < -0.3 is 19.5 Å². The van der Waals surface area contributed by atoms with Gasteiger partial charge in [0.1, 0.15) is 11.6 Å². The van der Waals surface area contributed by atoms with Crippen molar-refractivity contribution < 1.29 is 14.3 Å². The summed E-state index contributed by atoms with van der Waals surface area (Å²) in [6, 6.07) is 9.44. The highest BCUT2D eigenvalue weighted by Crippen LogP contribution is 2.18. The summed E-state index contributed by atoms with van der Waals surface area (Å²) in [5.74, 6) is 1.39. The van der Waals surface area contributed by atoms with Gasteiger partial charge in [-0.15, -0.1) is 0 Å². The monoisotopic (exact) mass is 417 g/mol. The number of carbonyl (C=O) groups excluding carboxylic acids is 2. The minimum Gasteiger partial charge on any atom is -0.493 e. The zero-order chi connectivity index (χ0) is 20.6. The average molecular weight is 418 g/mol. The van der Waals surface area contributed by atoms with Crippen molar-refractivity contribution in [3.8, 4) is 5.75 Å². The average Bonchev–Trinajstić information content (AvgIpc) is 3.06. The molecule has 0 radical (unpaired) electrons. The van der Waals surface area contributed by atoms with E-state index in [1.807, 2.05) is 37.4 Å². The Morgan fingerprint density at radius 3 is 2.86 bits per heavy atom. The zero-order valence-corrected chi connectivity index (χ0v) is 17.4. The van der Waals surface area contributed by atoms with Crippen LogP contribution in [-0.2, 0) is 23.1 Å². The number of nitrogens with zero attached hydrogens (tertiary/aromatic N) is 3. The standard InChI is InChI=1S/C20H27N5O3S/c1-24-17(22-23-20(24)29)9-11-21-19(27)15-6-5-12-25(14-15)18(26)10-13-28-16-7-3-2-4-8-16/h2-4,7-8,15H,5-6,9-14H2,1H3,(H,21,27)(H,23,29). The number of likely N-dealkylation sites (tertiary alicyclic amines) is 1. The molecule has 1 atom stereocenters. The third kappa shape index (κ3) is 5.90. The lowest BCUT2D eigenvalue weighted by Gasteiger charge is -2.32. The molecule has 8 nitrogen and oxygen atoms in total. The number of piperidine rings is 1. The van der Waals surface area contributed by atoms with Gasteiger partial charge in [0.15, 0.2) is 4.77 Å². The van der Waals surface area contributed by atoms with Crippen LogP contribution in [0.3, 0.4) is 0 Å². The van der Waals surface area contributed by atoms with Gasteiger partial charge in [0.05, 0.1) is 18.9 Å². The van der Waals surface area contributed by atoms with Crippen LogP contribution in [0, 0.1) is 10.7 Å². The number of aromatic amines is 1. The molecular formula is C20H27N5O3S. The fraction of sp³-hybridized carbons (Fsp3) is 0.500. The molecule has 1 aliphatic heterocycles. The van der Waals surface area contributed by atoms with Gasteiger partial charge in [-0.25, -0.2) is 0 Å². The molecule has 0 bridgehead atoms. The van der Waals surface area contributed by atoms with E-state index in [1.165, 1.54) is 0 Å². The predicted octanol–water partition coefficient (Wildman–Crippen LogP) is 1.84. The number of H-pyrrole nitrogens is 1. The number of amides is 2. The Labute approximate surface area is 175 Å². The van der Waals surface area contributed by atoms with Crippen LogP contribution in [0.15, 0.2) is 30.3 Å². The van der Waals surface area contributed by atoms with Gasteiger partial charge in [-0.3, -0.25) is 14.7 Å². The van der Waals surface area contributed by atoms with Crippen LogP contribution in [-0.4, -0.2) is 57.7 Å². The van der Waals surface area contributed by atoms with Crippen LogP contribution in [0.25, 0.3) is 0 Å². The fourth-order valence-electron chi connectivity index (χ4n) is 3.39. The second-order valence-corrected chi connectivity index (χ2v) is 7.52. The second-order valence-electron chi connectivity index (χ2n) is 7.14. The van der Waals surface area contributed by atoms with Gasteiger partial charge in [0.25, 0.3) is 0 Å². The normalized spacial score (nSPS) is 16.4. The van der Waals surface area contributed by atoms with Crippen molar-refractivity contribution in [2.24, 2.45) is 13.0 Å². The fourth-order valence-corrected chi connectivity index (χ4v) is 3.54. The molecule has 0 spiro atoms. The molecule has 9 heteroatoms. The molecule has 29 heavy (non-hydrogen) atoms. The molecule has 0 saturated carbocycles. The Bertz CT molecular complexity index is 880. The molecule has 1 aromatic heterocycles. The maximum absolute atomic E-state index is 12.5. The minimum absolute atomic E-state index is 0.0141. The summed E-state index contributed by atoms with van der Waals surface area (Å²) in [6.07, 6.45) is 2.53. The van der Waals surface area contributed by atoms with E-state index < -0.39 is 0 Å². The van der Waals surface area contributed by atoms with Gasteiger partial charge >= 0.3 is 0 Å². The Kier molecular flexibility index (Phi) is 7.40. The lowest BCUT2D eigenvalue weighted by molar-refractivity contribution is -0.136. The summed E-state index contributed by atoms with van der Waals surface area (Å²) in [7, 11) is 1.84. The van der Waals surface area contributed by atoms with Crippen molar-refractivity contribution in [1.82, 2.24) is 25.0 Å². The summed E-state index contributed by atoms with van der Waals surface area (Å²) in [6.45, 7) is 1.98. The molecule has 3 rings (SSSR count). The van der Waals surface area contributed by atoms with E-state index >= 15 is 0 Å². The van der Waals surface area contributed by atoms with Gasteiger partial charge in [-0.2, -0.15) is 5.10 Å². The van der Waals surface area contributed by atoms with Crippen molar-refractivity contribution >= 4 is 24.0 Å². The first-order chi connectivity index (χ1) is 14.0. The second kappa shape index (κ2) is 10.2. The lowest BCUT2D eigenvalue weighted by atomic mass is 9.97. The van der Waals surface area contributed by atoms with Crippen molar-refractivity contribution in [2.45, 2.75) is 25.7 Å². The number of hydrogen-bond donors (Lipinski definition) is 2. The van der Waals surface area contributed by atoms with E-state index in [4.69, 9.17) is 17.0 Å². The van der Waals surface area contributed by atoms with Crippen molar-refractivity contribution in [3.63, 3.8) is 0 Å². The molecule has 156 valence electrons. The summed E-state index contributed by atoms with van der Waals surface area (Å²) in [4.78, 5) is 26.8. The van der Waals surface area contributed by atoms with Crippen molar-refractivity contribution in [2.75, 3.05) is 26.2 Å². The van der Waals surface area contributed by atoms with E-state index in [-0.39, 0.29) is 17.7 Å². The molecule has 2 heterocycles. The van der Waals surface area contributed by atoms with Crippen LogP contribution in [0.5, 0.6) is 5.75 Å². The van der Waals surface area contributed by atoms with Gasteiger partial charge in [-0.1, -0.05) is 18.2 Å². The summed E-state index contributed by atoms with van der Waals surface area (Å²) < 4.78 is 7.95. The summed E-state index contributed by atoms with van der Waals surface area (Å²) in [5, 5.41) is 9.83. The number of ether oxygens (including phenoxy) is 1. The highest BCUT2D eigenvalue weighted by atomic mass is 32.1. The predicted molar refractivity (Wildman–Crippen MR) is 111 cm³/mol. The Balaban J connectivity index is 1.40. The van der Waals surface area contributed by atoms with Crippen LogP contribution in [0.4, 0.5) is 0 Å². The SMILES string of the molecule is Cn1c(CCNC(=O)C2CCCN(C(=O)CCOc3ccccc3)C2)n[nH]c1=S. The smallest absolute Gasteiger partial charge is 0.226 e. The third-order valence-corrected chi connectivity index (χ3v) is 5.46. The maximum atomic E-state index is 12.5. The number of rotatable bonds is 8. The number of hydrogen-bond acceptors (Lipinski definition) is 5. The first-order valence-electron chi connectivity index (χ1n) is 9.88. The molecule has 1 unspecified atom stereocenters. The van der Waals surface area contributed by atoms with Crippen LogP contribution >= 0.6 is 12.2 Å². The topological polar surface area (TPSA) is 92.2 Å². The Morgan fingerprint density at radius 1 is 1.34 bits per heavy atom.